The maximum absolute atomic E-state index is 10.2. The third kappa shape index (κ3) is 8.49. The Morgan fingerprint density at radius 3 is 2.64 bits per heavy atom. The van der Waals surface area contributed by atoms with Crippen LogP contribution in [0.15, 0.2) is 24.3 Å². The van der Waals surface area contributed by atoms with Crippen LogP contribution >= 0.6 is 0 Å². The number of methoxy groups -OCH3 is 1. The lowest BCUT2D eigenvalue weighted by atomic mass is 10.1. The summed E-state index contributed by atoms with van der Waals surface area (Å²) in [6.45, 7) is 10.2. The van der Waals surface area contributed by atoms with Gasteiger partial charge < -0.3 is 14.6 Å². The molecule has 0 spiro atoms. The van der Waals surface area contributed by atoms with Gasteiger partial charge in [-0.1, -0.05) is 43.7 Å². The summed E-state index contributed by atoms with van der Waals surface area (Å²) in [4.78, 5) is 2.21. The van der Waals surface area contributed by atoms with Crippen molar-refractivity contribution in [3.8, 4) is 0 Å². The van der Waals surface area contributed by atoms with Gasteiger partial charge in [-0.3, -0.25) is 4.90 Å². The summed E-state index contributed by atoms with van der Waals surface area (Å²) in [6, 6.07) is 8.47. The van der Waals surface area contributed by atoms with Crippen LogP contribution in [-0.2, 0) is 16.0 Å². The molecule has 0 aliphatic carbocycles. The van der Waals surface area contributed by atoms with Gasteiger partial charge in [-0.15, -0.1) is 0 Å². The molecule has 1 aromatic carbocycles. The molecule has 0 saturated carbocycles. The molecule has 0 aromatic heterocycles. The summed E-state index contributed by atoms with van der Waals surface area (Å²) in [5, 5.41) is 10.2. The fourth-order valence-corrected chi connectivity index (χ4v) is 2.31. The van der Waals surface area contributed by atoms with Crippen molar-refractivity contribution in [1.82, 2.24) is 4.90 Å². The van der Waals surface area contributed by atoms with Gasteiger partial charge in [0.2, 0.25) is 0 Å². The number of benzene rings is 1. The summed E-state index contributed by atoms with van der Waals surface area (Å²) in [5.74, 6) is 0.490. The van der Waals surface area contributed by atoms with E-state index in [2.05, 4.69) is 49.9 Å². The highest BCUT2D eigenvalue weighted by Gasteiger charge is 2.13. The van der Waals surface area contributed by atoms with E-state index < -0.39 is 6.10 Å². The molecule has 126 valence electrons. The van der Waals surface area contributed by atoms with Crippen molar-refractivity contribution in [3.05, 3.63) is 35.4 Å². The van der Waals surface area contributed by atoms with Crippen LogP contribution < -0.4 is 0 Å². The van der Waals surface area contributed by atoms with E-state index in [0.29, 0.717) is 32.3 Å². The van der Waals surface area contributed by atoms with Crippen molar-refractivity contribution in [1.29, 1.82) is 0 Å². The van der Waals surface area contributed by atoms with E-state index in [9.17, 15) is 5.11 Å². The van der Waals surface area contributed by atoms with Crippen LogP contribution in [0.2, 0.25) is 0 Å². The average molecular weight is 309 g/mol. The molecule has 0 radical (unpaired) electrons. The average Bonchev–Trinajstić information content (AvgIpc) is 2.44. The third-order valence-electron chi connectivity index (χ3n) is 3.33. The smallest absolute Gasteiger partial charge is 0.0900 e. The van der Waals surface area contributed by atoms with Crippen molar-refractivity contribution in [2.75, 3.05) is 40.0 Å². The Kier molecular flexibility index (Phi) is 9.32. The zero-order chi connectivity index (χ0) is 16.4. The first-order valence-corrected chi connectivity index (χ1v) is 8.04. The van der Waals surface area contributed by atoms with Crippen LogP contribution in [0.4, 0.5) is 0 Å². The highest BCUT2D eigenvalue weighted by Crippen LogP contribution is 2.08. The van der Waals surface area contributed by atoms with E-state index >= 15 is 0 Å². The second kappa shape index (κ2) is 10.7. The molecule has 1 N–H and O–H groups in total. The van der Waals surface area contributed by atoms with E-state index in [0.717, 1.165) is 13.1 Å². The normalized spacial score (nSPS) is 13.0. The maximum atomic E-state index is 10.2. The molecule has 0 bridgehead atoms. The number of rotatable bonds is 11. The second-order valence-electron chi connectivity index (χ2n) is 6.30. The first-order valence-electron chi connectivity index (χ1n) is 8.04. The van der Waals surface area contributed by atoms with E-state index in [4.69, 9.17) is 9.47 Å². The van der Waals surface area contributed by atoms with Crippen LogP contribution in [0.5, 0.6) is 0 Å². The number of aliphatic hydroxyl groups excluding tert-OH is 1. The van der Waals surface area contributed by atoms with Gasteiger partial charge in [0.05, 0.1) is 19.3 Å². The number of hydrogen-bond donors (Lipinski definition) is 1. The van der Waals surface area contributed by atoms with Crippen molar-refractivity contribution >= 4 is 0 Å². The highest BCUT2D eigenvalue weighted by molar-refractivity contribution is 5.22. The lowest BCUT2D eigenvalue weighted by Crippen LogP contribution is -2.36. The summed E-state index contributed by atoms with van der Waals surface area (Å²) in [5.41, 5.74) is 2.51. The Balaban J connectivity index is 2.48. The number of ether oxygens (including phenoxy) is 2. The predicted molar refractivity (Wildman–Crippen MR) is 90.0 cm³/mol. The first-order chi connectivity index (χ1) is 10.5. The Morgan fingerprint density at radius 2 is 2.00 bits per heavy atom. The fourth-order valence-electron chi connectivity index (χ4n) is 2.31. The van der Waals surface area contributed by atoms with Gasteiger partial charge in [-0.2, -0.15) is 0 Å². The van der Waals surface area contributed by atoms with Gasteiger partial charge in [-0.25, -0.2) is 0 Å². The second-order valence-corrected chi connectivity index (χ2v) is 6.30. The SMILES string of the molecule is COCCN(Cc1cccc(C)c1)C[C@H](O)COCC(C)C. The molecule has 4 nitrogen and oxygen atoms in total. The van der Waals surface area contributed by atoms with E-state index in [1.165, 1.54) is 11.1 Å². The van der Waals surface area contributed by atoms with Crippen molar-refractivity contribution < 1.29 is 14.6 Å². The molecular weight excluding hydrogens is 278 g/mol. The van der Waals surface area contributed by atoms with Crippen LogP contribution in [0.25, 0.3) is 0 Å². The Hall–Kier alpha value is -0.940. The number of nitrogens with zero attached hydrogens (tertiary/aromatic N) is 1. The van der Waals surface area contributed by atoms with Crippen molar-refractivity contribution in [3.63, 3.8) is 0 Å². The molecular formula is C18H31NO3. The largest absolute Gasteiger partial charge is 0.389 e. The van der Waals surface area contributed by atoms with Crippen LogP contribution in [0.1, 0.15) is 25.0 Å². The van der Waals surface area contributed by atoms with E-state index in [1.807, 2.05) is 0 Å². The maximum Gasteiger partial charge on any atom is 0.0900 e. The minimum Gasteiger partial charge on any atom is -0.389 e. The number of aryl methyl sites for hydroxylation is 1. The van der Waals surface area contributed by atoms with Crippen molar-refractivity contribution in [2.24, 2.45) is 5.92 Å². The lowest BCUT2D eigenvalue weighted by Gasteiger charge is -2.25. The molecule has 0 aliphatic rings. The topological polar surface area (TPSA) is 41.9 Å². The third-order valence-corrected chi connectivity index (χ3v) is 3.33. The summed E-state index contributed by atoms with van der Waals surface area (Å²) in [7, 11) is 1.70. The first kappa shape index (κ1) is 19.1. The van der Waals surface area contributed by atoms with Gasteiger partial charge >= 0.3 is 0 Å². The van der Waals surface area contributed by atoms with Gasteiger partial charge in [0, 0.05) is 33.4 Å². The molecule has 1 atom stereocenters. The number of aliphatic hydroxyl groups is 1. The monoisotopic (exact) mass is 309 g/mol. The quantitative estimate of drug-likeness (QED) is 0.682. The van der Waals surface area contributed by atoms with Crippen LogP contribution in [0.3, 0.4) is 0 Å². The molecule has 0 saturated heterocycles. The van der Waals surface area contributed by atoms with E-state index in [-0.39, 0.29) is 0 Å². The Labute approximate surface area is 135 Å². The zero-order valence-corrected chi connectivity index (χ0v) is 14.4. The lowest BCUT2D eigenvalue weighted by molar-refractivity contribution is 0.00336. The van der Waals surface area contributed by atoms with Gasteiger partial charge in [0.1, 0.15) is 0 Å². The Morgan fingerprint density at radius 1 is 1.23 bits per heavy atom. The van der Waals surface area contributed by atoms with Gasteiger partial charge in [-0.05, 0) is 18.4 Å². The molecule has 0 fully saturated rings. The Bertz CT molecular complexity index is 409. The van der Waals surface area contributed by atoms with Gasteiger partial charge in [0.15, 0.2) is 0 Å². The standard InChI is InChI=1S/C18H31NO3/c1-15(2)13-22-14-18(20)12-19(8-9-21-4)11-17-7-5-6-16(3)10-17/h5-7,10,15,18,20H,8-9,11-14H2,1-4H3/t18-/m0/s1. The molecule has 0 amide bonds. The fraction of sp³-hybridized carbons (Fsp3) is 0.667. The summed E-state index contributed by atoms with van der Waals surface area (Å²) in [6.07, 6.45) is -0.472. The summed E-state index contributed by atoms with van der Waals surface area (Å²) < 4.78 is 10.7. The van der Waals surface area contributed by atoms with E-state index in [1.54, 1.807) is 7.11 Å². The molecule has 22 heavy (non-hydrogen) atoms. The number of hydrogen-bond acceptors (Lipinski definition) is 4. The molecule has 0 heterocycles. The molecule has 4 heteroatoms. The van der Waals surface area contributed by atoms with Crippen molar-refractivity contribution in [2.45, 2.75) is 33.4 Å². The minimum absolute atomic E-state index is 0.384. The molecule has 1 aromatic rings. The predicted octanol–water partition coefficient (Wildman–Crippen LogP) is 2.48. The van der Waals surface area contributed by atoms with Crippen LogP contribution in [0, 0.1) is 12.8 Å². The summed E-state index contributed by atoms with van der Waals surface area (Å²) >= 11 is 0. The molecule has 0 unspecified atom stereocenters. The molecule has 1 rings (SSSR count). The molecule has 0 aliphatic heterocycles. The highest BCUT2D eigenvalue weighted by atomic mass is 16.5. The minimum atomic E-state index is -0.472. The van der Waals surface area contributed by atoms with Crippen LogP contribution in [-0.4, -0.2) is 56.1 Å². The van der Waals surface area contributed by atoms with Gasteiger partial charge in [0.25, 0.3) is 0 Å². The zero-order valence-electron chi connectivity index (χ0n) is 14.4.